The highest BCUT2D eigenvalue weighted by Gasteiger charge is 2.21. The first-order valence-corrected chi connectivity index (χ1v) is 8.40. The van der Waals surface area contributed by atoms with E-state index in [9.17, 15) is 0 Å². The molecule has 1 aliphatic rings. The van der Waals surface area contributed by atoms with Crippen LogP contribution in [0.4, 0.5) is 0 Å². The van der Waals surface area contributed by atoms with E-state index in [4.69, 9.17) is 9.73 Å². The number of hydrogen-bond donors (Lipinski definition) is 1. The number of halogens is 1. The minimum absolute atomic E-state index is 0. The first-order valence-electron chi connectivity index (χ1n) is 8.40. The minimum Gasteiger partial charge on any atom is -0.379 e. The van der Waals surface area contributed by atoms with Crippen molar-refractivity contribution in [1.29, 1.82) is 0 Å². The average molecular weight is 431 g/mol. The Morgan fingerprint density at radius 3 is 2.70 bits per heavy atom. The number of hydrogen-bond acceptors (Lipinski definition) is 2. The van der Waals surface area contributed by atoms with Gasteiger partial charge in [0.15, 0.2) is 5.96 Å². The molecule has 130 valence electrons. The molecule has 5 heteroatoms. The van der Waals surface area contributed by atoms with Crippen molar-refractivity contribution in [2.24, 2.45) is 10.9 Å². The molecule has 0 heterocycles. The summed E-state index contributed by atoms with van der Waals surface area (Å²) in [5.74, 6) is 1.80. The number of nitrogens with zero attached hydrogens (tertiary/aromatic N) is 2. The predicted molar refractivity (Wildman–Crippen MR) is 108 cm³/mol. The van der Waals surface area contributed by atoms with Crippen molar-refractivity contribution in [2.75, 3.05) is 39.9 Å². The first-order chi connectivity index (χ1) is 10.8. The summed E-state index contributed by atoms with van der Waals surface area (Å²) in [7, 11) is 2.07. The van der Waals surface area contributed by atoms with Crippen molar-refractivity contribution in [2.45, 2.75) is 26.2 Å². The SMILES string of the molecule is CCNC(=NCCc1ccccc1)N(C)CCOCC1CC1.I. The monoisotopic (exact) mass is 431 g/mol. The van der Waals surface area contributed by atoms with Gasteiger partial charge in [0.25, 0.3) is 0 Å². The van der Waals surface area contributed by atoms with E-state index in [0.29, 0.717) is 0 Å². The molecule has 1 N–H and O–H groups in total. The lowest BCUT2D eigenvalue weighted by atomic mass is 10.2. The molecule has 0 radical (unpaired) electrons. The molecule has 1 saturated carbocycles. The van der Waals surface area contributed by atoms with Gasteiger partial charge in [0.05, 0.1) is 6.61 Å². The Bertz CT molecular complexity index is 449. The van der Waals surface area contributed by atoms with Gasteiger partial charge in [-0.2, -0.15) is 0 Å². The number of benzene rings is 1. The molecule has 4 nitrogen and oxygen atoms in total. The van der Waals surface area contributed by atoms with Crippen LogP contribution in [0.2, 0.25) is 0 Å². The second-order valence-electron chi connectivity index (χ2n) is 5.91. The fourth-order valence-corrected chi connectivity index (χ4v) is 2.25. The van der Waals surface area contributed by atoms with Gasteiger partial charge in [0, 0.05) is 33.3 Å². The number of nitrogens with one attached hydrogen (secondary N) is 1. The van der Waals surface area contributed by atoms with Crippen LogP contribution in [-0.2, 0) is 11.2 Å². The van der Waals surface area contributed by atoms with Crippen molar-refractivity contribution >= 4 is 29.9 Å². The molecule has 0 atom stereocenters. The molecule has 1 aromatic carbocycles. The van der Waals surface area contributed by atoms with Crippen molar-refractivity contribution in [3.05, 3.63) is 35.9 Å². The molecule has 1 fully saturated rings. The lowest BCUT2D eigenvalue weighted by Gasteiger charge is -2.22. The number of likely N-dealkylation sites (N-methyl/N-ethyl adjacent to an activating group) is 1. The lowest BCUT2D eigenvalue weighted by Crippen LogP contribution is -2.40. The highest BCUT2D eigenvalue weighted by molar-refractivity contribution is 14.0. The Labute approximate surface area is 157 Å². The van der Waals surface area contributed by atoms with Gasteiger partial charge >= 0.3 is 0 Å². The second kappa shape index (κ2) is 11.7. The molecule has 0 aliphatic heterocycles. The van der Waals surface area contributed by atoms with Crippen molar-refractivity contribution in [3.8, 4) is 0 Å². The minimum atomic E-state index is 0. The van der Waals surface area contributed by atoms with Crippen molar-refractivity contribution < 1.29 is 4.74 Å². The van der Waals surface area contributed by atoms with Crippen molar-refractivity contribution in [3.63, 3.8) is 0 Å². The van der Waals surface area contributed by atoms with Crippen LogP contribution in [0, 0.1) is 5.92 Å². The number of ether oxygens (including phenoxy) is 1. The molecule has 23 heavy (non-hydrogen) atoms. The Morgan fingerprint density at radius 2 is 2.04 bits per heavy atom. The van der Waals surface area contributed by atoms with E-state index < -0.39 is 0 Å². The number of aliphatic imine (C=N–C) groups is 1. The fraction of sp³-hybridized carbons (Fsp3) is 0.611. The van der Waals surface area contributed by atoms with Gasteiger partial charge in [-0.1, -0.05) is 30.3 Å². The standard InChI is InChI=1S/C18H29N3O.HI/c1-3-19-18(20-12-11-16-7-5-4-6-8-16)21(2)13-14-22-15-17-9-10-17;/h4-8,17H,3,9-15H2,1-2H3,(H,19,20);1H. The number of guanidine groups is 1. The molecule has 1 aromatic rings. The van der Waals surface area contributed by atoms with Crippen LogP contribution >= 0.6 is 24.0 Å². The summed E-state index contributed by atoms with van der Waals surface area (Å²) in [6, 6.07) is 10.5. The Hall–Kier alpha value is -0.820. The maximum Gasteiger partial charge on any atom is 0.193 e. The first kappa shape index (κ1) is 20.2. The summed E-state index contributed by atoms with van der Waals surface area (Å²) in [6.45, 7) is 6.37. The van der Waals surface area contributed by atoms with E-state index in [2.05, 4.69) is 48.5 Å². The smallest absolute Gasteiger partial charge is 0.193 e. The molecule has 0 aromatic heterocycles. The van der Waals surface area contributed by atoms with Gasteiger partial charge in [0.1, 0.15) is 0 Å². The Balaban J connectivity index is 0.00000264. The summed E-state index contributed by atoms with van der Waals surface area (Å²) in [5, 5.41) is 3.35. The lowest BCUT2D eigenvalue weighted by molar-refractivity contribution is 0.115. The van der Waals surface area contributed by atoms with Crippen LogP contribution in [0.25, 0.3) is 0 Å². The molecule has 2 rings (SSSR count). The van der Waals surface area contributed by atoms with Crippen LogP contribution in [0.3, 0.4) is 0 Å². The molecule has 0 spiro atoms. The third-order valence-electron chi connectivity index (χ3n) is 3.82. The topological polar surface area (TPSA) is 36.9 Å². The van der Waals surface area contributed by atoms with Crippen LogP contribution < -0.4 is 5.32 Å². The van der Waals surface area contributed by atoms with E-state index in [0.717, 1.165) is 51.1 Å². The second-order valence-corrected chi connectivity index (χ2v) is 5.91. The Morgan fingerprint density at radius 1 is 1.30 bits per heavy atom. The molecule has 0 saturated heterocycles. The molecular formula is C18H30IN3O. The zero-order chi connectivity index (χ0) is 15.6. The zero-order valence-electron chi connectivity index (χ0n) is 14.3. The summed E-state index contributed by atoms with van der Waals surface area (Å²) < 4.78 is 5.71. The quantitative estimate of drug-likeness (QED) is 0.283. The normalized spacial score (nSPS) is 14.3. The third kappa shape index (κ3) is 8.55. The maximum atomic E-state index is 5.71. The maximum absolute atomic E-state index is 5.71. The Kier molecular flexibility index (Phi) is 10.3. The van der Waals surface area contributed by atoms with Gasteiger partial charge in [0.2, 0.25) is 0 Å². The zero-order valence-corrected chi connectivity index (χ0v) is 16.7. The van der Waals surface area contributed by atoms with Crippen LogP contribution in [0.5, 0.6) is 0 Å². The third-order valence-corrected chi connectivity index (χ3v) is 3.82. The highest BCUT2D eigenvalue weighted by atomic mass is 127. The summed E-state index contributed by atoms with van der Waals surface area (Å²) in [4.78, 5) is 6.86. The van der Waals surface area contributed by atoms with Gasteiger partial charge in [-0.05, 0) is 37.7 Å². The fourth-order valence-electron chi connectivity index (χ4n) is 2.25. The van der Waals surface area contributed by atoms with E-state index in [-0.39, 0.29) is 24.0 Å². The van der Waals surface area contributed by atoms with E-state index >= 15 is 0 Å². The van der Waals surface area contributed by atoms with Gasteiger partial charge in [-0.3, -0.25) is 4.99 Å². The van der Waals surface area contributed by atoms with Crippen LogP contribution in [0.1, 0.15) is 25.3 Å². The van der Waals surface area contributed by atoms with Gasteiger partial charge in [-0.15, -0.1) is 24.0 Å². The summed E-state index contributed by atoms with van der Waals surface area (Å²) in [6.07, 6.45) is 3.67. The summed E-state index contributed by atoms with van der Waals surface area (Å²) >= 11 is 0. The summed E-state index contributed by atoms with van der Waals surface area (Å²) in [5.41, 5.74) is 1.33. The number of rotatable bonds is 9. The largest absolute Gasteiger partial charge is 0.379 e. The molecular weight excluding hydrogens is 401 g/mol. The van der Waals surface area contributed by atoms with Gasteiger partial charge < -0.3 is 15.0 Å². The molecule has 0 amide bonds. The van der Waals surface area contributed by atoms with Crippen LogP contribution in [-0.4, -0.2) is 50.8 Å². The predicted octanol–water partition coefficient (Wildman–Crippen LogP) is 3.17. The van der Waals surface area contributed by atoms with Crippen LogP contribution in [0.15, 0.2) is 35.3 Å². The molecule has 0 unspecified atom stereocenters. The molecule has 1 aliphatic carbocycles. The molecule has 0 bridgehead atoms. The average Bonchev–Trinajstić information content (AvgIpc) is 3.36. The van der Waals surface area contributed by atoms with E-state index in [1.54, 1.807) is 0 Å². The van der Waals surface area contributed by atoms with Crippen molar-refractivity contribution in [1.82, 2.24) is 10.2 Å². The van der Waals surface area contributed by atoms with Gasteiger partial charge in [-0.25, -0.2) is 0 Å². The van der Waals surface area contributed by atoms with E-state index in [1.165, 1.54) is 18.4 Å². The van der Waals surface area contributed by atoms with E-state index in [1.807, 2.05) is 6.07 Å². The highest BCUT2D eigenvalue weighted by Crippen LogP contribution is 2.28.